The summed E-state index contributed by atoms with van der Waals surface area (Å²) in [6.45, 7) is 0.0512. The molecule has 0 aliphatic rings. The first kappa shape index (κ1) is 16.2. The van der Waals surface area contributed by atoms with Crippen molar-refractivity contribution in [3.8, 4) is 11.8 Å². The molecule has 0 aliphatic heterocycles. The van der Waals surface area contributed by atoms with E-state index in [-0.39, 0.29) is 22.2 Å². The molecule has 2 rings (SSSR count). The molecule has 0 heterocycles. The molecule has 0 spiro atoms. The van der Waals surface area contributed by atoms with Crippen LogP contribution in [0.3, 0.4) is 0 Å². The number of carbonyl (C=O) groups is 1. The lowest BCUT2D eigenvalue weighted by atomic mass is 10.1. The van der Waals surface area contributed by atoms with E-state index < -0.39 is 5.97 Å². The molecule has 0 radical (unpaired) electrons. The molecule has 112 valence electrons. The number of nitriles is 1. The van der Waals surface area contributed by atoms with Crippen molar-refractivity contribution in [1.82, 2.24) is 0 Å². The maximum absolute atomic E-state index is 12.0. The average molecular weight is 336 g/mol. The molecule has 0 unspecified atom stereocenters. The highest BCUT2D eigenvalue weighted by atomic mass is 35.5. The van der Waals surface area contributed by atoms with Crippen LogP contribution in [0.2, 0.25) is 10.0 Å². The number of methoxy groups -OCH3 is 1. The minimum Gasteiger partial charge on any atom is -0.494 e. The van der Waals surface area contributed by atoms with E-state index in [0.717, 1.165) is 5.56 Å². The molecule has 0 bridgehead atoms. The molecule has 22 heavy (non-hydrogen) atoms. The SMILES string of the molecule is COc1c(Cl)cc(C(=O)OCc2cccc(C#N)c2)cc1Cl. The third-order valence-corrected chi connectivity index (χ3v) is 3.43. The van der Waals surface area contributed by atoms with Gasteiger partial charge in [-0.3, -0.25) is 0 Å². The molecule has 0 N–H and O–H groups in total. The van der Waals surface area contributed by atoms with Gasteiger partial charge in [0.05, 0.1) is 34.4 Å². The van der Waals surface area contributed by atoms with Crippen molar-refractivity contribution in [1.29, 1.82) is 5.26 Å². The highest BCUT2D eigenvalue weighted by molar-refractivity contribution is 6.37. The molecule has 0 aliphatic carbocycles. The van der Waals surface area contributed by atoms with Crippen molar-refractivity contribution < 1.29 is 14.3 Å². The van der Waals surface area contributed by atoms with Crippen LogP contribution in [-0.4, -0.2) is 13.1 Å². The lowest BCUT2D eigenvalue weighted by molar-refractivity contribution is 0.0472. The van der Waals surface area contributed by atoms with Gasteiger partial charge >= 0.3 is 5.97 Å². The maximum atomic E-state index is 12.0. The Kier molecular flexibility index (Phi) is 5.26. The Morgan fingerprint density at radius 3 is 2.50 bits per heavy atom. The maximum Gasteiger partial charge on any atom is 0.338 e. The molecule has 6 heteroatoms. The van der Waals surface area contributed by atoms with Gasteiger partial charge in [0.1, 0.15) is 6.61 Å². The van der Waals surface area contributed by atoms with Crippen molar-refractivity contribution in [3.05, 3.63) is 63.1 Å². The second-order valence-corrected chi connectivity index (χ2v) is 5.18. The number of rotatable bonds is 4. The predicted molar refractivity (Wildman–Crippen MR) is 83.3 cm³/mol. The summed E-state index contributed by atoms with van der Waals surface area (Å²) in [6, 6.07) is 11.7. The summed E-state index contributed by atoms with van der Waals surface area (Å²) in [7, 11) is 1.44. The number of hydrogen-bond donors (Lipinski definition) is 0. The Balaban J connectivity index is 2.11. The topological polar surface area (TPSA) is 59.3 Å². The Hall–Kier alpha value is -2.22. The number of hydrogen-bond acceptors (Lipinski definition) is 4. The van der Waals surface area contributed by atoms with Gasteiger partial charge in [0, 0.05) is 0 Å². The lowest BCUT2D eigenvalue weighted by Crippen LogP contribution is -2.06. The summed E-state index contributed by atoms with van der Waals surface area (Å²) in [4.78, 5) is 12.0. The zero-order chi connectivity index (χ0) is 16.1. The van der Waals surface area contributed by atoms with Crippen LogP contribution in [0.1, 0.15) is 21.5 Å². The standard InChI is InChI=1S/C16H11Cl2NO3/c1-21-15-13(17)6-12(7-14(15)18)16(20)22-9-11-4-2-3-10(5-11)8-19/h2-7H,9H2,1H3. The van der Waals surface area contributed by atoms with Crippen LogP contribution in [0.25, 0.3) is 0 Å². The van der Waals surface area contributed by atoms with E-state index in [9.17, 15) is 4.79 Å². The quantitative estimate of drug-likeness (QED) is 0.784. The van der Waals surface area contributed by atoms with Crippen LogP contribution in [0.5, 0.6) is 5.75 Å². The largest absolute Gasteiger partial charge is 0.494 e. The van der Waals surface area contributed by atoms with E-state index in [1.807, 2.05) is 6.07 Å². The van der Waals surface area contributed by atoms with E-state index in [1.165, 1.54) is 19.2 Å². The number of nitrogens with zero attached hydrogens (tertiary/aromatic N) is 1. The number of benzene rings is 2. The van der Waals surface area contributed by atoms with Gasteiger partial charge in [0.25, 0.3) is 0 Å². The van der Waals surface area contributed by atoms with E-state index >= 15 is 0 Å². The first-order valence-electron chi connectivity index (χ1n) is 6.24. The molecule has 0 atom stereocenters. The molecule has 2 aromatic carbocycles. The summed E-state index contributed by atoms with van der Waals surface area (Å²) in [5.41, 5.74) is 1.45. The molecule has 4 nitrogen and oxygen atoms in total. The summed E-state index contributed by atoms with van der Waals surface area (Å²) in [6.07, 6.45) is 0. The molecular weight excluding hydrogens is 325 g/mol. The smallest absolute Gasteiger partial charge is 0.338 e. The van der Waals surface area contributed by atoms with Gasteiger partial charge in [-0.1, -0.05) is 35.3 Å². The minimum atomic E-state index is -0.561. The van der Waals surface area contributed by atoms with Gasteiger partial charge in [-0.15, -0.1) is 0 Å². The molecule has 0 saturated carbocycles. The fourth-order valence-corrected chi connectivity index (χ4v) is 2.48. The van der Waals surface area contributed by atoms with Crippen molar-refractivity contribution in [3.63, 3.8) is 0 Å². The van der Waals surface area contributed by atoms with Gasteiger partial charge in [0.15, 0.2) is 5.75 Å². The third kappa shape index (κ3) is 3.70. The Morgan fingerprint density at radius 1 is 1.23 bits per heavy atom. The second-order valence-electron chi connectivity index (χ2n) is 4.36. The lowest BCUT2D eigenvalue weighted by Gasteiger charge is -2.09. The van der Waals surface area contributed by atoms with Crippen LogP contribution < -0.4 is 4.74 Å². The summed E-state index contributed by atoms with van der Waals surface area (Å²) in [5.74, 6) is -0.254. The molecule has 0 amide bonds. The normalized spacial score (nSPS) is 9.91. The third-order valence-electron chi connectivity index (χ3n) is 2.86. The summed E-state index contributed by atoms with van der Waals surface area (Å²) < 4.78 is 10.2. The second kappa shape index (κ2) is 7.17. The van der Waals surface area contributed by atoms with Crippen LogP contribution in [0.4, 0.5) is 0 Å². The highest BCUT2D eigenvalue weighted by Gasteiger charge is 2.14. The van der Waals surface area contributed by atoms with Gasteiger partial charge in [-0.2, -0.15) is 5.26 Å². The zero-order valence-corrected chi connectivity index (χ0v) is 13.1. The van der Waals surface area contributed by atoms with Gasteiger partial charge < -0.3 is 9.47 Å². The zero-order valence-electron chi connectivity index (χ0n) is 11.6. The number of esters is 1. The summed E-state index contributed by atoms with van der Waals surface area (Å²) in [5, 5.41) is 9.29. The fourth-order valence-electron chi connectivity index (χ4n) is 1.84. The van der Waals surface area contributed by atoms with Crippen molar-refractivity contribution in [2.45, 2.75) is 6.61 Å². The van der Waals surface area contributed by atoms with E-state index in [2.05, 4.69) is 0 Å². The first-order valence-corrected chi connectivity index (χ1v) is 7.00. The number of halogens is 2. The van der Waals surface area contributed by atoms with Crippen molar-refractivity contribution in [2.24, 2.45) is 0 Å². The van der Waals surface area contributed by atoms with Crippen LogP contribution in [0.15, 0.2) is 36.4 Å². The van der Waals surface area contributed by atoms with E-state index in [1.54, 1.807) is 24.3 Å². The molecule has 0 aromatic heterocycles. The average Bonchev–Trinajstić information content (AvgIpc) is 2.52. The van der Waals surface area contributed by atoms with Gasteiger partial charge in [-0.25, -0.2) is 4.79 Å². The fraction of sp³-hybridized carbons (Fsp3) is 0.125. The van der Waals surface area contributed by atoms with Crippen LogP contribution >= 0.6 is 23.2 Å². The number of carbonyl (C=O) groups excluding carboxylic acids is 1. The number of ether oxygens (including phenoxy) is 2. The molecule has 0 saturated heterocycles. The molecule has 0 fully saturated rings. The van der Waals surface area contributed by atoms with Gasteiger partial charge in [-0.05, 0) is 29.8 Å². The van der Waals surface area contributed by atoms with Gasteiger partial charge in [0.2, 0.25) is 0 Å². The van der Waals surface area contributed by atoms with E-state index in [0.29, 0.717) is 11.3 Å². The van der Waals surface area contributed by atoms with Crippen molar-refractivity contribution >= 4 is 29.2 Å². The summed E-state index contributed by atoms with van der Waals surface area (Å²) >= 11 is 12.0. The minimum absolute atomic E-state index is 0.0512. The van der Waals surface area contributed by atoms with Crippen LogP contribution in [0, 0.1) is 11.3 Å². The molecular formula is C16H11Cl2NO3. The predicted octanol–water partition coefficient (Wildman–Crippen LogP) is 4.23. The first-order chi connectivity index (χ1) is 10.5. The monoisotopic (exact) mass is 335 g/mol. The van der Waals surface area contributed by atoms with E-state index in [4.69, 9.17) is 37.9 Å². The molecule has 2 aromatic rings. The van der Waals surface area contributed by atoms with Crippen LogP contribution in [-0.2, 0) is 11.3 Å². The Labute approximate surface area is 137 Å². The Bertz CT molecular complexity index is 730. The van der Waals surface area contributed by atoms with Crippen molar-refractivity contribution in [2.75, 3.05) is 7.11 Å². The Morgan fingerprint density at radius 2 is 1.91 bits per heavy atom. The highest BCUT2D eigenvalue weighted by Crippen LogP contribution is 2.34.